The second-order valence-electron chi connectivity index (χ2n) is 12.2. The third-order valence-electron chi connectivity index (χ3n) is 7.35. The number of fused-ring (bicyclic) bond motifs is 1. The summed E-state index contributed by atoms with van der Waals surface area (Å²) in [6.07, 6.45) is -5.39. The van der Waals surface area contributed by atoms with Gasteiger partial charge in [0.25, 0.3) is 0 Å². The summed E-state index contributed by atoms with van der Waals surface area (Å²) in [4.78, 5) is 75.3. The van der Waals surface area contributed by atoms with Crippen LogP contribution in [0.3, 0.4) is 0 Å². The zero-order valence-corrected chi connectivity index (χ0v) is 32.1. The number of ether oxygens (including phenoxy) is 1. The molecular formula is C25H44N7O17P3S. The summed E-state index contributed by atoms with van der Waals surface area (Å²) in [5.74, 6) is -0.912. The molecule has 11 N–H and O–H groups in total. The summed E-state index contributed by atoms with van der Waals surface area (Å²) in [5, 5.41) is 36.0. The maximum atomic E-state index is 12.6. The Morgan fingerprint density at radius 3 is 2.42 bits per heavy atom. The molecule has 0 aromatic carbocycles. The van der Waals surface area contributed by atoms with Crippen molar-refractivity contribution in [3.05, 3.63) is 12.7 Å². The van der Waals surface area contributed by atoms with Crippen molar-refractivity contribution in [2.75, 3.05) is 37.8 Å². The molecule has 1 saturated heterocycles. The summed E-state index contributed by atoms with van der Waals surface area (Å²) < 4.78 is 62.0. The molecule has 0 spiro atoms. The molecule has 1 fully saturated rings. The highest BCUT2D eigenvalue weighted by molar-refractivity contribution is 7.99. The molecule has 0 aliphatic carbocycles. The van der Waals surface area contributed by atoms with Crippen LogP contribution in [0, 0.1) is 5.41 Å². The quantitative estimate of drug-likeness (QED) is 0.0396. The summed E-state index contributed by atoms with van der Waals surface area (Å²) >= 11 is 1.29. The van der Waals surface area contributed by atoms with Crippen LogP contribution in [0.4, 0.5) is 5.82 Å². The Balaban J connectivity index is 1.52. The van der Waals surface area contributed by atoms with E-state index in [2.05, 4.69) is 34.4 Å². The van der Waals surface area contributed by atoms with Crippen molar-refractivity contribution < 1.29 is 80.8 Å². The van der Waals surface area contributed by atoms with Crippen LogP contribution < -0.4 is 16.4 Å². The van der Waals surface area contributed by atoms with Crippen molar-refractivity contribution in [3.8, 4) is 0 Å². The average molecular weight is 840 g/mol. The maximum absolute atomic E-state index is 12.6. The van der Waals surface area contributed by atoms with Crippen LogP contribution in [0.25, 0.3) is 11.2 Å². The largest absolute Gasteiger partial charge is 0.481 e. The van der Waals surface area contributed by atoms with Crippen LogP contribution in [0.2, 0.25) is 0 Å². The minimum absolute atomic E-state index is 0.0338. The molecule has 0 saturated carbocycles. The number of nitrogens with two attached hydrogens (primary N) is 1. The van der Waals surface area contributed by atoms with Gasteiger partial charge in [-0.3, -0.25) is 27.7 Å². The average Bonchev–Trinajstić information content (AvgIpc) is 3.61. The van der Waals surface area contributed by atoms with Crippen LogP contribution in [-0.2, 0) is 45.9 Å². The lowest BCUT2D eigenvalue weighted by molar-refractivity contribution is -0.137. The number of aliphatic hydroxyl groups excluding tert-OH is 3. The molecule has 28 heteroatoms. The van der Waals surface area contributed by atoms with Gasteiger partial charge in [0.15, 0.2) is 17.7 Å². The zero-order valence-electron chi connectivity index (χ0n) is 28.6. The van der Waals surface area contributed by atoms with Crippen molar-refractivity contribution in [1.29, 1.82) is 0 Å². The molecule has 0 radical (unpaired) electrons. The van der Waals surface area contributed by atoms with Crippen molar-refractivity contribution in [2.45, 2.75) is 76.1 Å². The Bertz CT molecular complexity index is 1700. The standard InChI is InChI=1S/C25H44N7O17P3S/c1-4-5-16(34)53-9-8-27-15(33)6-7-28-23(37)20(36)25(2,3)11-46-52(43,44)49-51(41,42)45-10-14-19(48-50(38,39)40)18(35)24(47-14)32-13-31-17-21(26)29-12-30-22(17)32/h12-14,16,18-20,24,34-36H,4-11H2,1-3H3,(H,27,33)(H,28,37)(H,41,42)(H,43,44)(H2,26,29,30)(H2,38,39,40)/t14-,16?,18-,19-,20+,24-/m1/s1. The van der Waals surface area contributed by atoms with Crippen LogP contribution in [-0.4, -0.2) is 128 Å². The number of nitrogens with one attached hydrogen (secondary N) is 2. The SMILES string of the molecule is CCCC(O)SCCNC(=O)CCNC(=O)[C@H](O)C(C)(C)COP(=O)(O)OP(=O)(O)OC[C@H]1O[C@@H](n2cnc3c(N)ncnc32)[C@H](O)[C@@H]1OP(=O)(O)O. The molecule has 2 aromatic rings. The molecular weight excluding hydrogens is 795 g/mol. The number of anilines is 1. The van der Waals surface area contributed by atoms with Gasteiger partial charge < -0.3 is 56.0 Å². The van der Waals surface area contributed by atoms with Crippen LogP contribution >= 0.6 is 35.2 Å². The number of carbonyl (C=O) groups is 2. The predicted molar refractivity (Wildman–Crippen MR) is 183 cm³/mol. The van der Waals surface area contributed by atoms with Gasteiger partial charge in [-0.05, 0) is 6.42 Å². The topological polar surface area (TPSA) is 367 Å². The smallest absolute Gasteiger partial charge is 0.386 e. The third-order valence-corrected chi connectivity index (χ3v) is 11.5. The van der Waals surface area contributed by atoms with E-state index in [4.69, 9.17) is 19.5 Å². The number of phosphoric ester groups is 3. The number of nitrogens with zero attached hydrogens (tertiary/aromatic N) is 4. The molecule has 1 aliphatic rings. The number of hydrogen-bond donors (Lipinski definition) is 10. The lowest BCUT2D eigenvalue weighted by Gasteiger charge is -2.30. The highest BCUT2D eigenvalue weighted by atomic mass is 32.2. The minimum atomic E-state index is -5.56. The van der Waals surface area contributed by atoms with Gasteiger partial charge in [-0.1, -0.05) is 27.2 Å². The molecule has 24 nitrogen and oxygen atoms in total. The number of aliphatic hydroxyl groups is 3. The lowest BCUT2D eigenvalue weighted by Crippen LogP contribution is -2.46. The molecule has 2 amide bonds. The summed E-state index contributed by atoms with van der Waals surface area (Å²) in [6, 6.07) is 0. The summed E-state index contributed by atoms with van der Waals surface area (Å²) in [5.41, 5.74) is 3.75. The fourth-order valence-corrected chi connectivity index (χ4v) is 8.38. The fraction of sp³-hybridized carbons (Fsp3) is 0.720. The zero-order chi connectivity index (χ0) is 39.8. The Morgan fingerprint density at radius 2 is 1.75 bits per heavy atom. The van der Waals surface area contributed by atoms with E-state index in [1.165, 1.54) is 25.6 Å². The molecule has 0 bridgehead atoms. The molecule has 3 unspecified atom stereocenters. The van der Waals surface area contributed by atoms with Crippen LogP contribution in [0.5, 0.6) is 0 Å². The first-order valence-electron chi connectivity index (χ1n) is 15.7. The normalized spacial score (nSPS) is 22.9. The third kappa shape index (κ3) is 13.8. The summed E-state index contributed by atoms with van der Waals surface area (Å²) in [6.45, 7) is 2.58. The van der Waals surface area contributed by atoms with E-state index >= 15 is 0 Å². The van der Waals surface area contributed by atoms with Crippen molar-refractivity contribution in [1.82, 2.24) is 30.2 Å². The Morgan fingerprint density at radius 1 is 1.08 bits per heavy atom. The molecule has 1 aliphatic heterocycles. The van der Waals surface area contributed by atoms with Gasteiger partial charge in [-0.25, -0.2) is 28.6 Å². The van der Waals surface area contributed by atoms with E-state index in [9.17, 15) is 58.2 Å². The number of amides is 2. The number of imidazole rings is 1. The van der Waals surface area contributed by atoms with Gasteiger partial charge >= 0.3 is 23.5 Å². The van der Waals surface area contributed by atoms with Crippen molar-refractivity contribution in [3.63, 3.8) is 0 Å². The van der Waals surface area contributed by atoms with Crippen molar-refractivity contribution >= 4 is 64.0 Å². The Labute approximate surface area is 306 Å². The molecule has 53 heavy (non-hydrogen) atoms. The van der Waals surface area contributed by atoms with E-state index in [0.29, 0.717) is 18.7 Å². The fourth-order valence-electron chi connectivity index (χ4n) is 4.66. The van der Waals surface area contributed by atoms with E-state index in [1.807, 2.05) is 6.92 Å². The Kier molecular flexibility index (Phi) is 16.3. The van der Waals surface area contributed by atoms with Gasteiger partial charge in [-0.2, -0.15) is 4.31 Å². The van der Waals surface area contributed by atoms with E-state index < -0.39 is 90.0 Å². The monoisotopic (exact) mass is 839 g/mol. The highest BCUT2D eigenvalue weighted by Gasteiger charge is 2.50. The van der Waals surface area contributed by atoms with Gasteiger partial charge in [0, 0.05) is 30.7 Å². The molecule has 8 atom stereocenters. The van der Waals surface area contributed by atoms with E-state index in [0.717, 1.165) is 23.6 Å². The first-order chi connectivity index (χ1) is 24.6. The number of phosphoric acid groups is 3. The van der Waals surface area contributed by atoms with E-state index in [-0.39, 0.29) is 29.9 Å². The van der Waals surface area contributed by atoms with Gasteiger partial charge in [0.1, 0.15) is 36.3 Å². The van der Waals surface area contributed by atoms with Crippen LogP contribution in [0.1, 0.15) is 46.3 Å². The van der Waals surface area contributed by atoms with Gasteiger partial charge in [0.2, 0.25) is 11.8 Å². The number of rotatable bonds is 22. The molecule has 3 heterocycles. The number of nitrogen functional groups attached to an aromatic ring is 1. The number of aromatic nitrogens is 4. The van der Waals surface area contributed by atoms with Crippen LogP contribution in [0.15, 0.2) is 12.7 Å². The molecule has 3 rings (SSSR count). The van der Waals surface area contributed by atoms with Crippen molar-refractivity contribution in [2.24, 2.45) is 5.41 Å². The molecule has 302 valence electrons. The van der Waals surface area contributed by atoms with Gasteiger partial charge in [0.05, 0.1) is 25.0 Å². The maximum Gasteiger partial charge on any atom is 0.481 e. The second kappa shape index (κ2) is 19.1. The lowest BCUT2D eigenvalue weighted by atomic mass is 9.87. The van der Waals surface area contributed by atoms with Gasteiger partial charge in [-0.15, -0.1) is 11.8 Å². The summed E-state index contributed by atoms with van der Waals surface area (Å²) in [7, 11) is -16.4. The number of carbonyl (C=O) groups excluding carboxylic acids is 2. The van der Waals surface area contributed by atoms with E-state index in [1.54, 1.807) is 0 Å². The minimum Gasteiger partial charge on any atom is -0.386 e. The number of thioether (sulfide) groups is 1. The highest BCUT2D eigenvalue weighted by Crippen LogP contribution is 2.61. The predicted octanol–water partition coefficient (Wildman–Crippen LogP) is -0.743. The first kappa shape index (κ1) is 45.2. The number of hydrogen-bond acceptors (Lipinski definition) is 18. The Hall–Kier alpha value is -2.15. The second-order valence-corrected chi connectivity index (χ2v) is 17.7. The molecule has 2 aromatic heterocycles. The first-order valence-corrected chi connectivity index (χ1v) is 21.3.